The van der Waals surface area contributed by atoms with Gasteiger partial charge < -0.3 is 9.15 Å². The molecule has 0 spiro atoms. The van der Waals surface area contributed by atoms with Crippen LogP contribution in [0, 0.1) is 6.92 Å². The van der Waals surface area contributed by atoms with Crippen molar-refractivity contribution in [3.63, 3.8) is 0 Å². The fourth-order valence-corrected chi connectivity index (χ4v) is 3.14. The highest BCUT2D eigenvalue weighted by Gasteiger charge is 2.09. The van der Waals surface area contributed by atoms with E-state index in [0.717, 1.165) is 20.3 Å². The molecule has 0 fully saturated rings. The third-order valence-corrected chi connectivity index (χ3v) is 4.84. The van der Waals surface area contributed by atoms with Gasteiger partial charge in [-0.3, -0.25) is 4.79 Å². The molecule has 0 aliphatic carbocycles. The molecule has 1 aromatic heterocycles. The van der Waals surface area contributed by atoms with E-state index in [4.69, 9.17) is 9.15 Å². The van der Waals surface area contributed by atoms with Gasteiger partial charge in [-0.15, -0.1) is 11.8 Å². The van der Waals surface area contributed by atoms with Crippen molar-refractivity contribution in [2.75, 3.05) is 5.75 Å². The summed E-state index contributed by atoms with van der Waals surface area (Å²) in [5, 5.41) is 0.818. The van der Waals surface area contributed by atoms with Crippen molar-refractivity contribution in [3.8, 4) is 5.75 Å². The lowest BCUT2D eigenvalue weighted by atomic mass is 10.1. The zero-order valence-corrected chi connectivity index (χ0v) is 15.1. The molecule has 1 heterocycles. The van der Waals surface area contributed by atoms with E-state index in [0.29, 0.717) is 11.3 Å². The van der Waals surface area contributed by atoms with Crippen molar-refractivity contribution in [1.29, 1.82) is 0 Å². The molecule has 0 atom stereocenters. The normalized spacial score (nSPS) is 10.8. The minimum Gasteiger partial charge on any atom is -0.426 e. The Balaban J connectivity index is 1.69. The summed E-state index contributed by atoms with van der Waals surface area (Å²) in [5.74, 6) is 0.187. The number of carbonyl (C=O) groups is 1. The predicted molar refractivity (Wildman–Crippen MR) is 97.7 cm³/mol. The molecule has 6 heteroatoms. The van der Waals surface area contributed by atoms with Gasteiger partial charge in [0.05, 0.1) is 5.75 Å². The zero-order chi connectivity index (χ0) is 17.1. The van der Waals surface area contributed by atoms with E-state index < -0.39 is 5.63 Å². The number of esters is 1. The first-order valence-corrected chi connectivity index (χ1v) is 8.93. The van der Waals surface area contributed by atoms with Crippen LogP contribution in [0.3, 0.4) is 0 Å². The Morgan fingerprint density at radius 1 is 1.17 bits per heavy atom. The molecule has 3 aromatic rings. The van der Waals surface area contributed by atoms with Crippen LogP contribution < -0.4 is 10.4 Å². The summed E-state index contributed by atoms with van der Waals surface area (Å²) in [6, 6.07) is 14.2. The van der Waals surface area contributed by atoms with Gasteiger partial charge in [-0.1, -0.05) is 15.9 Å². The summed E-state index contributed by atoms with van der Waals surface area (Å²) in [5.41, 5.74) is 0.810. The first-order chi connectivity index (χ1) is 11.5. The van der Waals surface area contributed by atoms with Gasteiger partial charge in [-0.05, 0) is 48.9 Å². The standard InChI is InChI=1S/C18H13BrO4S/c1-11-8-17(20)23-16-9-13(4-7-15(11)16)22-18(21)10-24-14-5-2-12(19)3-6-14/h2-9H,10H2,1H3. The summed E-state index contributed by atoms with van der Waals surface area (Å²) in [6.45, 7) is 1.83. The molecule has 24 heavy (non-hydrogen) atoms. The Bertz CT molecular complexity index is 947. The van der Waals surface area contributed by atoms with Crippen molar-refractivity contribution in [2.24, 2.45) is 0 Å². The van der Waals surface area contributed by atoms with Crippen molar-refractivity contribution < 1.29 is 13.9 Å². The maximum Gasteiger partial charge on any atom is 0.336 e. The monoisotopic (exact) mass is 404 g/mol. The van der Waals surface area contributed by atoms with Gasteiger partial charge in [0.25, 0.3) is 0 Å². The lowest BCUT2D eigenvalue weighted by Gasteiger charge is -2.06. The second-order valence-corrected chi connectivity index (χ2v) is 7.09. The Morgan fingerprint density at radius 2 is 1.92 bits per heavy atom. The Kier molecular flexibility index (Phi) is 5.06. The number of benzene rings is 2. The highest BCUT2D eigenvalue weighted by Crippen LogP contribution is 2.24. The number of halogens is 1. The van der Waals surface area contributed by atoms with Crippen LogP contribution in [0.4, 0.5) is 0 Å². The maximum absolute atomic E-state index is 12.0. The van der Waals surface area contributed by atoms with Gasteiger partial charge >= 0.3 is 11.6 Å². The van der Waals surface area contributed by atoms with E-state index in [1.165, 1.54) is 17.8 Å². The van der Waals surface area contributed by atoms with Crippen molar-refractivity contribution in [1.82, 2.24) is 0 Å². The van der Waals surface area contributed by atoms with Crippen LogP contribution in [0.1, 0.15) is 5.56 Å². The number of aryl methyl sites for hydroxylation is 1. The molecule has 0 aliphatic heterocycles. The Labute approximate surface area is 150 Å². The average molecular weight is 405 g/mol. The second-order valence-electron chi connectivity index (χ2n) is 5.12. The number of hydrogen-bond acceptors (Lipinski definition) is 5. The molecule has 0 radical (unpaired) electrons. The van der Waals surface area contributed by atoms with Gasteiger partial charge in [0.15, 0.2) is 0 Å². The molecule has 4 nitrogen and oxygen atoms in total. The molecular weight excluding hydrogens is 392 g/mol. The molecule has 0 N–H and O–H groups in total. The van der Waals surface area contributed by atoms with E-state index in [9.17, 15) is 9.59 Å². The molecule has 0 amide bonds. The van der Waals surface area contributed by atoms with Gasteiger partial charge in [-0.25, -0.2) is 4.79 Å². The molecule has 122 valence electrons. The van der Waals surface area contributed by atoms with Crippen molar-refractivity contribution >= 4 is 44.6 Å². The van der Waals surface area contributed by atoms with Crippen molar-refractivity contribution in [3.05, 3.63) is 69.0 Å². The molecule has 0 saturated carbocycles. The molecule has 0 aliphatic rings. The number of carbonyl (C=O) groups excluding carboxylic acids is 1. The molecular formula is C18H13BrO4S. The van der Waals surface area contributed by atoms with Gasteiger partial charge in [-0.2, -0.15) is 0 Å². The highest BCUT2D eigenvalue weighted by atomic mass is 79.9. The Hall–Kier alpha value is -2.05. The third kappa shape index (κ3) is 4.07. The average Bonchev–Trinajstić information content (AvgIpc) is 2.54. The lowest BCUT2D eigenvalue weighted by Crippen LogP contribution is -2.10. The largest absolute Gasteiger partial charge is 0.426 e. The smallest absolute Gasteiger partial charge is 0.336 e. The van der Waals surface area contributed by atoms with Crippen LogP contribution in [-0.2, 0) is 4.79 Å². The summed E-state index contributed by atoms with van der Waals surface area (Å²) < 4.78 is 11.5. The number of ether oxygens (including phenoxy) is 1. The summed E-state index contributed by atoms with van der Waals surface area (Å²) >= 11 is 4.76. The fourth-order valence-electron chi connectivity index (χ4n) is 2.20. The molecule has 2 aromatic carbocycles. The maximum atomic E-state index is 12.0. The molecule has 0 bridgehead atoms. The summed E-state index contributed by atoms with van der Waals surface area (Å²) in [6.07, 6.45) is 0. The molecule has 0 unspecified atom stereocenters. The number of rotatable bonds is 4. The lowest BCUT2D eigenvalue weighted by molar-refractivity contribution is -0.131. The molecule has 0 saturated heterocycles. The quantitative estimate of drug-likeness (QED) is 0.276. The minimum absolute atomic E-state index is 0.192. The van der Waals surface area contributed by atoms with E-state index in [1.54, 1.807) is 18.2 Å². The first kappa shape index (κ1) is 16.8. The molecule has 3 rings (SSSR count). The summed E-state index contributed by atoms with van der Waals surface area (Å²) in [7, 11) is 0. The van der Waals surface area contributed by atoms with Crippen LogP contribution >= 0.6 is 27.7 Å². The SMILES string of the molecule is Cc1cc(=O)oc2cc(OC(=O)CSc3ccc(Br)cc3)ccc12. The fraction of sp³-hybridized carbons (Fsp3) is 0.111. The highest BCUT2D eigenvalue weighted by molar-refractivity contribution is 9.10. The van der Waals surface area contributed by atoms with E-state index >= 15 is 0 Å². The minimum atomic E-state index is -0.422. The van der Waals surface area contributed by atoms with Crippen LogP contribution in [0.5, 0.6) is 5.75 Å². The van der Waals surface area contributed by atoms with E-state index in [-0.39, 0.29) is 11.7 Å². The summed E-state index contributed by atoms with van der Waals surface area (Å²) in [4.78, 5) is 24.4. The van der Waals surface area contributed by atoms with Gasteiger partial charge in [0, 0.05) is 26.9 Å². The van der Waals surface area contributed by atoms with Crippen LogP contribution in [0.15, 0.2) is 67.1 Å². The first-order valence-electron chi connectivity index (χ1n) is 7.15. The van der Waals surface area contributed by atoms with Crippen LogP contribution in [0.25, 0.3) is 11.0 Å². The van der Waals surface area contributed by atoms with E-state index in [1.807, 2.05) is 31.2 Å². The van der Waals surface area contributed by atoms with Gasteiger partial charge in [0.2, 0.25) is 0 Å². The number of fused-ring (bicyclic) bond motifs is 1. The van der Waals surface area contributed by atoms with E-state index in [2.05, 4.69) is 15.9 Å². The van der Waals surface area contributed by atoms with Crippen LogP contribution in [0.2, 0.25) is 0 Å². The predicted octanol–water partition coefficient (Wildman–Crippen LogP) is 4.56. The van der Waals surface area contributed by atoms with Crippen molar-refractivity contribution in [2.45, 2.75) is 11.8 Å². The topological polar surface area (TPSA) is 56.5 Å². The Morgan fingerprint density at radius 3 is 2.67 bits per heavy atom. The number of hydrogen-bond donors (Lipinski definition) is 0. The second kappa shape index (κ2) is 7.23. The third-order valence-electron chi connectivity index (χ3n) is 3.32. The van der Waals surface area contributed by atoms with Gasteiger partial charge in [0.1, 0.15) is 11.3 Å². The number of thioether (sulfide) groups is 1. The zero-order valence-electron chi connectivity index (χ0n) is 12.7. The van der Waals surface area contributed by atoms with Crippen LogP contribution in [-0.4, -0.2) is 11.7 Å².